The minimum atomic E-state index is -0.544. The summed E-state index contributed by atoms with van der Waals surface area (Å²) in [6.07, 6.45) is 0.716. The van der Waals surface area contributed by atoms with Gasteiger partial charge in [0.25, 0.3) is 5.91 Å². The lowest BCUT2D eigenvalue weighted by atomic mass is 10.0. The molecule has 0 radical (unpaired) electrons. The molecular weight excluding hydrogens is 322 g/mol. The van der Waals surface area contributed by atoms with Gasteiger partial charge in [-0.05, 0) is 12.1 Å². The molecule has 0 unspecified atom stereocenters. The molecule has 0 aliphatic carbocycles. The summed E-state index contributed by atoms with van der Waals surface area (Å²) in [5.41, 5.74) is 8.13. The van der Waals surface area contributed by atoms with Gasteiger partial charge in [-0.25, -0.2) is 0 Å². The highest BCUT2D eigenvalue weighted by Gasteiger charge is 2.27. The monoisotopic (exact) mass is 343 g/mol. The average molecular weight is 343 g/mol. The minimum Gasteiger partial charge on any atom is -0.495 e. The van der Waals surface area contributed by atoms with Crippen LogP contribution in [0.4, 0.5) is 5.69 Å². The van der Waals surface area contributed by atoms with E-state index in [4.69, 9.17) is 10.5 Å². The lowest BCUT2D eigenvalue weighted by Gasteiger charge is -2.26. The lowest BCUT2D eigenvalue weighted by molar-refractivity contribution is -0.117. The number of fused-ring (bicyclic) bond motifs is 1. The number of nitrogens with two attached hydrogens (primary N) is 1. The third-order valence-electron chi connectivity index (χ3n) is 4.30. The van der Waals surface area contributed by atoms with Crippen LogP contribution in [0.5, 0.6) is 5.75 Å². The Balaban J connectivity index is 1.69. The summed E-state index contributed by atoms with van der Waals surface area (Å²) in [6.45, 7) is 1.40. The molecule has 2 amide bonds. The lowest BCUT2D eigenvalue weighted by Crippen LogP contribution is -2.37. The Hall–Kier alpha value is -2.87. The highest BCUT2D eigenvalue weighted by molar-refractivity contribution is 5.94. The van der Waals surface area contributed by atoms with E-state index in [0.717, 1.165) is 11.3 Å². The number of methoxy groups -OCH3 is 1. The zero-order valence-electron chi connectivity index (χ0n) is 14.3. The fourth-order valence-corrected chi connectivity index (χ4v) is 3.12. The van der Waals surface area contributed by atoms with Crippen LogP contribution in [0.3, 0.4) is 0 Å². The Kier molecular flexibility index (Phi) is 4.71. The van der Waals surface area contributed by atoms with Crippen molar-refractivity contribution in [2.75, 3.05) is 25.5 Å². The zero-order chi connectivity index (χ0) is 18.0. The van der Waals surface area contributed by atoms with Gasteiger partial charge < -0.3 is 15.8 Å². The number of carbonyl (C=O) groups excluding carboxylic acids is 2. The molecule has 3 N–H and O–H groups in total. The van der Waals surface area contributed by atoms with Crippen LogP contribution in [-0.2, 0) is 24.8 Å². The zero-order valence-corrected chi connectivity index (χ0v) is 14.3. The van der Waals surface area contributed by atoms with Gasteiger partial charge in [0, 0.05) is 37.8 Å². The smallest absolute Gasteiger partial charge is 0.269 e. The number of nitrogens with one attached hydrogen (secondary N) is 1. The molecule has 0 saturated carbocycles. The number of amides is 2. The van der Waals surface area contributed by atoms with Crippen LogP contribution in [0.15, 0.2) is 24.3 Å². The number of ether oxygens (including phenoxy) is 1. The van der Waals surface area contributed by atoms with E-state index in [9.17, 15) is 9.59 Å². The molecule has 25 heavy (non-hydrogen) atoms. The topological polar surface area (TPSA) is 102 Å². The number of carbonyl (C=O) groups is 2. The maximum Gasteiger partial charge on any atom is 0.269 e. The first-order valence-corrected chi connectivity index (χ1v) is 7.99. The van der Waals surface area contributed by atoms with E-state index in [-0.39, 0.29) is 18.1 Å². The summed E-state index contributed by atoms with van der Waals surface area (Å²) in [4.78, 5) is 25.9. The number of anilines is 1. The third kappa shape index (κ3) is 3.48. The van der Waals surface area contributed by atoms with Crippen molar-refractivity contribution in [3.8, 4) is 5.75 Å². The predicted octanol–water partition coefficient (Wildman–Crippen LogP) is 0.524. The van der Waals surface area contributed by atoms with E-state index in [1.165, 1.54) is 0 Å². The van der Waals surface area contributed by atoms with Crippen LogP contribution in [0.2, 0.25) is 0 Å². The second-order valence-electron chi connectivity index (χ2n) is 5.97. The van der Waals surface area contributed by atoms with Crippen molar-refractivity contribution < 1.29 is 14.3 Å². The molecule has 1 aromatic carbocycles. The molecule has 8 heteroatoms. The van der Waals surface area contributed by atoms with Crippen LogP contribution in [-0.4, -0.2) is 46.7 Å². The van der Waals surface area contributed by atoms with Crippen molar-refractivity contribution in [3.63, 3.8) is 0 Å². The number of rotatable bonds is 5. The van der Waals surface area contributed by atoms with E-state index < -0.39 is 5.91 Å². The third-order valence-corrected chi connectivity index (χ3v) is 4.30. The number of para-hydroxylation sites is 2. The fourth-order valence-electron chi connectivity index (χ4n) is 3.12. The van der Waals surface area contributed by atoms with Crippen molar-refractivity contribution in [2.45, 2.75) is 13.0 Å². The van der Waals surface area contributed by atoms with Gasteiger partial charge in [-0.1, -0.05) is 12.1 Å². The van der Waals surface area contributed by atoms with Gasteiger partial charge in [-0.3, -0.25) is 19.2 Å². The maximum atomic E-state index is 12.4. The number of hydrogen-bond acceptors (Lipinski definition) is 5. The van der Waals surface area contributed by atoms with Crippen LogP contribution in [0, 0.1) is 0 Å². The predicted molar refractivity (Wildman–Crippen MR) is 92.3 cm³/mol. The standard InChI is InChI=1S/C17H21N5O3/c1-21-13-7-8-22(9-11(13)16(20-21)17(18)24)10-15(23)19-12-5-3-4-6-14(12)25-2/h3-6H,7-10H2,1-2H3,(H2,18,24)(H,19,23). The van der Waals surface area contributed by atoms with Gasteiger partial charge in [0.1, 0.15) is 5.75 Å². The van der Waals surface area contributed by atoms with Crippen LogP contribution in [0.1, 0.15) is 21.7 Å². The molecular formula is C17H21N5O3. The first-order valence-electron chi connectivity index (χ1n) is 7.99. The first-order chi connectivity index (χ1) is 12.0. The molecule has 0 fully saturated rings. The summed E-state index contributed by atoms with van der Waals surface area (Å²) < 4.78 is 6.93. The number of aryl methyl sites for hydroxylation is 1. The van der Waals surface area contributed by atoms with E-state index in [0.29, 0.717) is 30.9 Å². The SMILES string of the molecule is COc1ccccc1NC(=O)CN1CCc2c(c(C(N)=O)nn2C)C1. The van der Waals surface area contributed by atoms with Crippen molar-refractivity contribution in [1.29, 1.82) is 0 Å². The Bertz CT molecular complexity index is 815. The minimum absolute atomic E-state index is 0.141. The van der Waals surface area contributed by atoms with Gasteiger partial charge >= 0.3 is 0 Å². The molecule has 1 aliphatic rings. The largest absolute Gasteiger partial charge is 0.495 e. The molecule has 0 spiro atoms. The molecule has 3 rings (SSSR count). The van der Waals surface area contributed by atoms with Gasteiger partial charge in [0.15, 0.2) is 5.69 Å². The van der Waals surface area contributed by atoms with Crippen LogP contribution < -0.4 is 15.8 Å². The number of hydrogen-bond donors (Lipinski definition) is 2. The summed E-state index contributed by atoms with van der Waals surface area (Å²) in [7, 11) is 3.36. The van der Waals surface area contributed by atoms with Gasteiger partial charge in [0.2, 0.25) is 5.91 Å². The van der Waals surface area contributed by atoms with Crippen LogP contribution in [0.25, 0.3) is 0 Å². The van der Waals surface area contributed by atoms with E-state index >= 15 is 0 Å². The van der Waals surface area contributed by atoms with Gasteiger partial charge in [0.05, 0.1) is 19.3 Å². The number of primary amides is 1. The molecule has 132 valence electrons. The van der Waals surface area contributed by atoms with E-state index in [1.54, 1.807) is 31.0 Å². The Morgan fingerprint density at radius 1 is 1.36 bits per heavy atom. The number of nitrogens with zero attached hydrogens (tertiary/aromatic N) is 3. The quantitative estimate of drug-likeness (QED) is 0.824. The summed E-state index contributed by atoms with van der Waals surface area (Å²) in [5.74, 6) is -0.0744. The highest BCUT2D eigenvalue weighted by atomic mass is 16.5. The molecule has 8 nitrogen and oxygen atoms in total. The van der Waals surface area contributed by atoms with Crippen molar-refractivity contribution in [1.82, 2.24) is 14.7 Å². The summed E-state index contributed by atoms with van der Waals surface area (Å²) in [6, 6.07) is 7.25. The molecule has 0 bridgehead atoms. The Morgan fingerprint density at radius 2 is 2.12 bits per heavy atom. The van der Waals surface area contributed by atoms with Crippen molar-refractivity contribution in [2.24, 2.45) is 12.8 Å². The highest BCUT2D eigenvalue weighted by Crippen LogP contribution is 2.24. The summed E-state index contributed by atoms with van der Waals surface area (Å²) >= 11 is 0. The molecule has 0 atom stereocenters. The second-order valence-corrected chi connectivity index (χ2v) is 5.97. The molecule has 1 aliphatic heterocycles. The van der Waals surface area contributed by atoms with Crippen molar-refractivity contribution >= 4 is 17.5 Å². The van der Waals surface area contributed by atoms with Gasteiger partial charge in [-0.15, -0.1) is 0 Å². The Morgan fingerprint density at radius 3 is 2.84 bits per heavy atom. The molecule has 2 aromatic rings. The first kappa shape index (κ1) is 17.0. The van der Waals surface area contributed by atoms with Crippen LogP contribution >= 0.6 is 0 Å². The molecule has 2 heterocycles. The number of benzene rings is 1. The molecule has 1 aromatic heterocycles. The average Bonchev–Trinajstić information content (AvgIpc) is 2.92. The van der Waals surface area contributed by atoms with Gasteiger partial charge in [-0.2, -0.15) is 5.10 Å². The van der Waals surface area contributed by atoms with Crippen molar-refractivity contribution in [3.05, 3.63) is 41.2 Å². The normalized spacial score (nSPS) is 14.0. The maximum absolute atomic E-state index is 12.4. The molecule has 0 saturated heterocycles. The van der Waals surface area contributed by atoms with E-state index in [1.807, 2.05) is 17.0 Å². The Labute approximate surface area is 145 Å². The number of aromatic nitrogens is 2. The van der Waals surface area contributed by atoms with E-state index in [2.05, 4.69) is 10.4 Å². The second kappa shape index (κ2) is 6.94. The summed E-state index contributed by atoms with van der Waals surface area (Å²) in [5, 5.41) is 7.05. The fraction of sp³-hybridized carbons (Fsp3) is 0.353.